The maximum atomic E-state index is 10.8. The number of hydrogen-bond acceptors (Lipinski definition) is 1. The van der Waals surface area contributed by atoms with Crippen LogP contribution in [-0.4, -0.2) is 11.2 Å². The molecular formula is C20H32O. The molecule has 0 unspecified atom stereocenters. The van der Waals surface area contributed by atoms with Crippen molar-refractivity contribution in [2.45, 2.75) is 78.7 Å². The Hall–Kier alpha value is -0.560. The van der Waals surface area contributed by atoms with Crippen molar-refractivity contribution in [1.29, 1.82) is 0 Å². The topological polar surface area (TPSA) is 20.2 Å². The van der Waals surface area contributed by atoms with Crippen LogP contribution in [0.5, 0.6) is 0 Å². The lowest BCUT2D eigenvalue weighted by Gasteiger charge is -2.44. The van der Waals surface area contributed by atoms with Crippen LogP contribution in [0.25, 0.3) is 0 Å². The molecule has 3 aliphatic carbocycles. The van der Waals surface area contributed by atoms with Crippen molar-refractivity contribution in [3.05, 3.63) is 22.8 Å². The maximum absolute atomic E-state index is 10.8. The second-order valence-electron chi connectivity index (χ2n) is 8.30. The van der Waals surface area contributed by atoms with Crippen molar-refractivity contribution in [3.8, 4) is 0 Å². The van der Waals surface area contributed by atoms with Crippen molar-refractivity contribution < 1.29 is 5.11 Å². The highest BCUT2D eigenvalue weighted by Crippen LogP contribution is 2.58. The fraction of sp³-hybridized carbons (Fsp3) is 0.800. The van der Waals surface area contributed by atoms with E-state index in [2.05, 4.69) is 33.8 Å². The lowest BCUT2D eigenvalue weighted by Crippen LogP contribution is -2.42. The summed E-state index contributed by atoms with van der Waals surface area (Å²) in [6, 6.07) is 0. The molecule has 1 N–H and O–H groups in total. The van der Waals surface area contributed by atoms with E-state index in [0.717, 1.165) is 12.3 Å². The third-order valence-electron chi connectivity index (χ3n) is 6.98. The van der Waals surface area contributed by atoms with Crippen molar-refractivity contribution in [2.75, 3.05) is 0 Å². The Labute approximate surface area is 130 Å². The standard InChI is InChI=1S/C20H32O/c1-13-6-5-7-14(2)17-10-11-20(4)18(21)12-16(9-8-13)15(3)19(17)20/h7,13,17-19,21H,5-6,8-12H2,1-4H3/b14-7-/t13-,17-,18-,19+,20+/m0/s1. The van der Waals surface area contributed by atoms with Crippen molar-refractivity contribution in [3.63, 3.8) is 0 Å². The van der Waals surface area contributed by atoms with Crippen LogP contribution in [0.3, 0.4) is 0 Å². The Kier molecular flexibility index (Phi) is 4.07. The van der Waals surface area contributed by atoms with Gasteiger partial charge in [0.25, 0.3) is 0 Å². The van der Waals surface area contributed by atoms with Crippen LogP contribution in [0.4, 0.5) is 0 Å². The second kappa shape index (κ2) is 5.57. The fourth-order valence-corrected chi connectivity index (χ4v) is 5.37. The Morgan fingerprint density at radius 2 is 1.95 bits per heavy atom. The molecule has 0 aliphatic heterocycles. The molecule has 0 saturated heterocycles. The number of rotatable bonds is 0. The smallest absolute Gasteiger partial charge is 0.0636 e. The van der Waals surface area contributed by atoms with Gasteiger partial charge in [0, 0.05) is 5.41 Å². The molecule has 0 spiro atoms. The van der Waals surface area contributed by atoms with Gasteiger partial charge in [0.1, 0.15) is 0 Å². The quantitative estimate of drug-likeness (QED) is 0.603. The molecule has 118 valence electrons. The first kappa shape index (κ1) is 15.3. The molecule has 2 bridgehead atoms. The van der Waals surface area contributed by atoms with E-state index < -0.39 is 0 Å². The number of hydrogen-bond donors (Lipinski definition) is 1. The van der Waals surface area contributed by atoms with Crippen LogP contribution >= 0.6 is 0 Å². The van der Waals surface area contributed by atoms with Gasteiger partial charge in [-0.15, -0.1) is 0 Å². The normalized spacial score (nSPS) is 46.8. The molecule has 0 amide bonds. The molecule has 3 aliphatic rings. The van der Waals surface area contributed by atoms with Gasteiger partial charge in [-0.1, -0.05) is 36.6 Å². The molecule has 1 heteroatoms. The predicted octanol–water partition coefficient (Wildman–Crippen LogP) is 5.26. The van der Waals surface area contributed by atoms with Gasteiger partial charge >= 0.3 is 0 Å². The van der Waals surface area contributed by atoms with Gasteiger partial charge in [0.2, 0.25) is 0 Å². The van der Waals surface area contributed by atoms with Crippen LogP contribution in [-0.2, 0) is 0 Å². The minimum Gasteiger partial charge on any atom is -0.392 e. The summed E-state index contributed by atoms with van der Waals surface area (Å²) in [5.74, 6) is 2.06. The van der Waals surface area contributed by atoms with Gasteiger partial charge in [-0.3, -0.25) is 0 Å². The van der Waals surface area contributed by atoms with Gasteiger partial charge < -0.3 is 5.11 Å². The monoisotopic (exact) mass is 288 g/mol. The molecular weight excluding hydrogens is 256 g/mol. The van der Waals surface area contributed by atoms with Crippen LogP contribution < -0.4 is 0 Å². The largest absolute Gasteiger partial charge is 0.392 e. The van der Waals surface area contributed by atoms with Crippen LogP contribution in [0.15, 0.2) is 22.8 Å². The average Bonchev–Trinajstić information content (AvgIpc) is 2.80. The molecule has 0 aromatic heterocycles. The van der Waals surface area contributed by atoms with E-state index in [0.29, 0.717) is 11.8 Å². The zero-order valence-corrected chi connectivity index (χ0v) is 14.3. The summed E-state index contributed by atoms with van der Waals surface area (Å²) in [6.45, 7) is 9.45. The Balaban J connectivity index is 2.04. The van der Waals surface area contributed by atoms with Crippen LogP contribution in [0.2, 0.25) is 0 Å². The summed E-state index contributed by atoms with van der Waals surface area (Å²) in [4.78, 5) is 0. The summed E-state index contributed by atoms with van der Waals surface area (Å²) in [6.07, 6.45) is 10.8. The Morgan fingerprint density at radius 1 is 1.19 bits per heavy atom. The first-order valence-corrected chi connectivity index (χ1v) is 8.96. The summed E-state index contributed by atoms with van der Waals surface area (Å²) >= 11 is 0. The highest BCUT2D eigenvalue weighted by atomic mass is 16.3. The minimum absolute atomic E-state index is 0.118. The highest BCUT2D eigenvalue weighted by molar-refractivity contribution is 5.30. The second-order valence-corrected chi connectivity index (χ2v) is 8.30. The van der Waals surface area contributed by atoms with E-state index in [1.807, 2.05) is 0 Å². The zero-order chi connectivity index (χ0) is 15.2. The molecule has 3 rings (SSSR count). The first-order valence-electron chi connectivity index (χ1n) is 8.96. The molecule has 21 heavy (non-hydrogen) atoms. The lowest BCUT2D eigenvalue weighted by atomic mass is 9.62. The van der Waals surface area contributed by atoms with E-state index in [4.69, 9.17) is 0 Å². The first-order chi connectivity index (χ1) is 9.93. The van der Waals surface area contributed by atoms with E-state index >= 15 is 0 Å². The molecule has 1 nitrogen and oxygen atoms in total. The van der Waals surface area contributed by atoms with E-state index in [9.17, 15) is 5.11 Å². The van der Waals surface area contributed by atoms with Crippen molar-refractivity contribution in [1.82, 2.24) is 0 Å². The molecule has 0 radical (unpaired) electrons. The molecule has 0 heterocycles. The third-order valence-corrected chi connectivity index (χ3v) is 6.98. The van der Waals surface area contributed by atoms with Crippen molar-refractivity contribution in [2.24, 2.45) is 23.2 Å². The van der Waals surface area contributed by atoms with E-state index in [-0.39, 0.29) is 11.5 Å². The van der Waals surface area contributed by atoms with Gasteiger partial charge in [0.05, 0.1) is 6.10 Å². The Morgan fingerprint density at radius 3 is 2.71 bits per heavy atom. The van der Waals surface area contributed by atoms with Gasteiger partial charge in [-0.05, 0) is 76.5 Å². The maximum Gasteiger partial charge on any atom is 0.0636 e. The zero-order valence-electron chi connectivity index (χ0n) is 14.3. The summed E-state index contributed by atoms with van der Waals surface area (Å²) in [5.41, 5.74) is 4.92. The molecule has 5 atom stereocenters. The number of allylic oxidation sites excluding steroid dienone is 3. The average molecular weight is 288 g/mol. The number of aliphatic hydroxyl groups excluding tert-OH is 1. The van der Waals surface area contributed by atoms with Gasteiger partial charge in [-0.25, -0.2) is 0 Å². The third kappa shape index (κ3) is 2.52. The lowest BCUT2D eigenvalue weighted by molar-refractivity contribution is 0.00399. The van der Waals surface area contributed by atoms with Gasteiger partial charge in [-0.2, -0.15) is 0 Å². The minimum atomic E-state index is -0.130. The highest BCUT2D eigenvalue weighted by Gasteiger charge is 2.52. The Bertz CT molecular complexity index is 472. The van der Waals surface area contributed by atoms with Crippen LogP contribution in [0.1, 0.15) is 72.6 Å². The molecule has 0 aromatic carbocycles. The SMILES string of the molecule is CC1=C2CC[C@@H](C)CC/C=C(/C)[C@@H]3CC[C@@](C)([C@H]13)[C@@H](O)C2. The summed E-state index contributed by atoms with van der Waals surface area (Å²) < 4.78 is 0. The molecule has 1 saturated carbocycles. The van der Waals surface area contributed by atoms with Crippen LogP contribution in [0, 0.1) is 23.2 Å². The number of aliphatic hydroxyl groups is 1. The molecule has 0 aromatic rings. The fourth-order valence-electron chi connectivity index (χ4n) is 5.37. The predicted molar refractivity (Wildman–Crippen MR) is 89.0 cm³/mol. The molecule has 1 fully saturated rings. The van der Waals surface area contributed by atoms with E-state index in [1.165, 1.54) is 38.5 Å². The summed E-state index contributed by atoms with van der Waals surface area (Å²) in [7, 11) is 0. The summed E-state index contributed by atoms with van der Waals surface area (Å²) in [5, 5.41) is 10.8. The van der Waals surface area contributed by atoms with Crippen molar-refractivity contribution >= 4 is 0 Å². The van der Waals surface area contributed by atoms with E-state index in [1.54, 1.807) is 16.7 Å². The van der Waals surface area contributed by atoms with Gasteiger partial charge in [0.15, 0.2) is 0 Å².